The van der Waals surface area contributed by atoms with Gasteiger partial charge in [0.2, 0.25) is 11.0 Å². The minimum absolute atomic E-state index is 0.0696. The standard InChI is InChI=1S/C13H14N4O5S2/c1-2-21-10(19)6-14-9(18)7-23-13-17-16-12(24-13)15-11(20)8-4-3-5-22-8/h3-5H,2,6-7H2,1H3,(H,14,18)(H,15,16,20). The Morgan fingerprint density at radius 1 is 1.38 bits per heavy atom. The Morgan fingerprint density at radius 2 is 2.21 bits per heavy atom. The van der Waals surface area contributed by atoms with Crippen LogP contribution in [0, 0.1) is 0 Å². The van der Waals surface area contributed by atoms with E-state index in [0.717, 1.165) is 23.1 Å². The molecule has 24 heavy (non-hydrogen) atoms. The second-order valence-corrected chi connectivity index (χ2v) is 6.37. The third-order valence-electron chi connectivity index (χ3n) is 2.43. The molecular weight excluding hydrogens is 356 g/mol. The maximum atomic E-state index is 11.8. The zero-order chi connectivity index (χ0) is 17.4. The van der Waals surface area contributed by atoms with Crippen LogP contribution in [0.25, 0.3) is 0 Å². The summed E-state index contributed by atoms with van der Waals surface area (Å²) in [7, 11) is 0. The van der Waals surface area contributed by atoms with Gasteiger partial charge in [0.1, 0.15) is 6.54 Å². The maximum absolute atomic E-state index is 11.8. The number of hydrogen-bond acceptors (Lipinski definition) is 9. The van der Waals surface area contributed by atoms with Gasteiger partial charge in [0, 0.05) is 0 Å². The van der Waals surface area contributed by atoms with E-state index < -0.39 is 11.9 Å². The first-order valence-electron chi connectivity index (χ1n) is 6.82. The van der Waals surface area contributed by atoms with Crippen molar-refractivity contribution in [3.8, 4) is 0 Å². The molecule has 2 aromatic rings. The molecule has 0 aliphatic rings. The van der Waals surface area contributed by atoms with Crippen LogP contribution in [0.15, 0.2) is 27.2 Å². The Hall–Kier alpha value is -2.40. The first-order chi connectivity index (χ1) is 11.6. The number of furan rings is 1. The highest BCUT2D eigenvalue weighted by molar-refractivity contribution is 8.01. The van der Waals surface area contributed by atoms with Crippen molar-refractivity contribution < 1.29 is 23.5 Å². The molecular formula is C13H14N4O5S2. The van der Waals surface area contributed by atoms with E-state index in [-0.39, 0.29) is 30.6 Å². The molecule has 0 fully saturated rings. The first kappa shape index (κ1) is 17.9. The largest absolute Gasteiger partial charge is 0.465 e. The number of rotatable bonds is 8. The topological polar surface area (TPSA) is 123 Å². The zero-order valence-electron chi connectivity index (χ0n) is 12.6. The van der Waals surface area contributed by atoms with Gasteiger partial charge in [-0.1, -0.05) is 23.1 Å². The van der Waals surface area contributed by atoms with Crippen molar-refractivity contribution in [2.75, 3.05) is 24.2 Å². The lowest BCUT2D eigenvalue weighted by atomic mass is 10.4. The van der Waals surface area contributed by atoms with Crippen molar-refractivity contribution >= 4 is 46.0 Å². The van der Waals surface area contributed by atoms with Crippen molar-refractivity contribution in [1.82, 2.24) is 15.5 Å². The molecule has 2 rings (SSSR count). The number of ether oxygens (including phenoxy) is 1. The molecule has 0 aromatic carbocycles. The number of nitrogens with one attached hydrogen (secondary N) is 2. The SMILES string of the molecule is CCOC(=O)CNC(=O)CSc1nnc(NC(=O)c2ccco2)s1. The lowest BCUT2D eigenvalue weighted by molar-refractivity contribution is -0.143. The quantitative estimate of drug-likeness (QED) is 0.403. The summed E-state index contributed by atoms with van der Waals surface area (Å²) in [6.45, 7) is 1.78. The molecule has 128 valence electrons. The van der Waals surface area contributed by atoms with Crippen LogP contribution < -0.4 is 10.6 Å². The predicted octanol–water partition coefficient (Wildman–Crippen LogP) is 1.15. The van der Waals surface area contributed by atoms with E-state index in [4.69, 9.17) is 9.15 Å². The lowest BCUT2D eigenvalue weighted by Gasteiger charge is -2.03. The number of carbonyl (C=O) groups is 3. The molecule has 0 bridgehead atoms. The molecule has 0 spiro atoms. The molecule has 11 heteroatoms. The molecule has 0 aliphatic heterocycles. The average molecular weight is 370 g/mol. The molecule has 2 amide bonds. The number of carbonyl (C=O) groups excluding carboxylic acids is 3. The number of esters is 1. The summed E-state index contributed by atoms with van der Waals surface area (Å²) in [5.41, 5.74) is 0. The van der Waals surface area contributed by atoms with Gasteiger partial charge in [-0.3, -0.25) is 19.7 Å². The normalized spacial score (nSPS) is 10.2. The molecule has 0 unspecified atom stereocenters. The number of nitrogens with zero attached hydrogens (tertiary/aromatic N) is 2. The molecule has 0 saturated carbocycles. The number of anilines is 1. The van der Waals surface area contributed by atoms with Crippen molar-refractivity contribution in [2.24, 2.45) is 0 Å². The summed E-state index contributed by atoms with van der Waals surface area (Å²) in [5, 5.41) is 12.9. The summed E-state index contributed by atoms with van der Waals surface area (Å²) >= 11 is 2.27. The lowest BCUT2D eigenvalue weighted by Crippen LogP contribution is -2.31. The minimum atomic E-state index is -0.491. The van der Waals surface area contributed by atoms with Gasteiger partial charge in [-0.15, -0.1) is 10.2 Å². The average Bonchev–Trinajstić information content (AvgIpc) is 3.23. The predicted molar refractivity (Wildman–Crippen MR) is 86.9 cm³/mol. The third-order valence-corrected chi connectivity index (χ3v) is 4.41. The summed E-state index contributed by atoms with van der Waals surface area (Å²) in [6.07, 6.45) is 1.39. The Bertz CT molecular complexity index is 701. The van der Waals surface area contributed by atoms with Crippen LogP contribution in [0.3, 0.4) is 0 Å². The highest BCUT2D eigenvalue weighted by atomic mass is 32.2. The van der Waals surface area contributed by atoms with Crippen LogP contribution in [0.5, 0.6) is 0 Å². The Morgan fingerprint density at radius 3 is 2.92 bits per heavy atom. The Kier molecular flexibility index (Phi) is 6.75. The van der Waals surface area contributed by atoms with Gasteiger partial charge in [0.05, 0.1) is 18.6 Å². The molecule has 2 heterocycles. The van der Waals surface area contributed by atoms with Crippen LogP contribution in [-0.2, 0) is 14.3 Å². The van der Waals surface area contributed by atoms with Crippen LogP contribution in [0.4, 0.5) is 5.13 Å². The smallest absolute Gasteiger partial charge is 0.325 e. The minimum Gasteiger partial charge on any atom is -0.465 e. The molecule has 2 aromatic heterocycles. The second kappa shape index (κ2) is 9.03. The highest BCUT2D eigenvalue weighted by Gasteiger charge is 2.13. The molecule has 0 saturated heterocycles. The van der Waals surface area contributed by atoms with Gasteiger partial charge < -0.3 is 14.5 Å². The van der Waals surface area contributed by atoms with Crippen molar-refractivity contribution in [1.29, 1.82) is 0 Å². The summed E-state index contributed by atoms with van der Waals surface area (Å²) in [4.78, 5) is 34.5. The van der Waals surface area contributed by atoms with E-state index >= 15 is 0 Å². The van der Waals surface area contributed by atoms with Gasteiger partial charge in [-0.05, 0) is 19.1 Å². The van der Waals surface area contributed by atoms with E-state index in [0.29, 0.717) is 9.47 Å². The van der Waals surface area contributed by atoms with Crippen molar-refractivity contribution in [3.05, 3.63) is 24.2 Å². The number of aromatic nitrogens is 2. The van der Waals surface area contributed by atoms with E-state index in [2.05, 4.69) is 20.8 Å². The van der Waals surface area contributed by atoms with Crippen molar-refractivity contribution in [3.63, 3.8) is 0 Å². The Labute approximate surface area is 145 Å². The molecule has 9 nitrogen and oxygen atoms in total. The summed E-state index contributed by atoms with van der Waals surface area (Å²) in [5.74, 6) is -1.02. The van der Waals surface area contributed by atoms with Crippen LogP contribution in [-0.4, -0.2) is 46.9 Å². The molecule has 0 atom stereocenters. The fourth-order valence-corrected chi connectivity index (χ4v) is 3.02. The van der Waals surface area contributed by atoms with E-state index in [1.807, 2.05) is 0 Å². The maximum Gasteiger partial charge on any atom is 0.325 e. The van der Waals surface area contributed by atoms with E-state index in [9.17, 15) is 14.4 Å². The van der Waals surface area contributed by atoms with Crippen LogP contribution in [0.2, 0.25) is 0 Å². The van der Waals surface area contributed by atoms with Gasteiger partial charge in [-0.25, -0.2) is 0 Å². The second-order valence-electron chi connectivity index (χ2n) is 4.17. The summed E-state index contributed by atoms with van der Waals surface area (Å²) in [6, 6.07) is 3.13. The zero-order valence-corrected chi connectivity index (χ0v) is 14.2. The fourth-order valence-electron chi connectivity index (χ4n) is 1.45. The highest BCUT2D eigenvalue weighted by Crippen LogP contribution is 2.25. The Balaban J connectivity index is 1.74. The number of amides is 2. The molecule has 0 radical (unpaired) electrons. The van der Waals surface area contributed by atoms with Gasteiger partial charge in [-0.2, -0.15) is 0 Å². The van der Waals surface area contributed by atoms with Gasteiger partial charge >= 0.3 is 5.97 Å². The van der Waals surface area contributed by atoms with E-state index in [1.54, 1.807) is 13.0 Å². The van der Waals surface area contributed by atoms with Gasteiger partial charge in [0.15, 0.2) is 10.1 Å². The fraction of sp³-hybridized carbons (Fsp3) is 0.308. The van der Waals surface area contributed by atoms with Gasteiger partial charge in [0.25, 0.3) is 5.91 Å². The molecule has 2 N–H and O–H groups in total. The first-order valence-corrected chi connectivity index (χ1v) is 8.62. The summed E-state index contributed by atoms with van der Waals surface area (Å²) < 4.78 is 10.2. The third kappa shape index (κ3) is 5.66. The molecule has 0 aliphatic carbocycles. The van der Waals surface area contributed by atoms with Crippen LogP contribution in [0.1, 0.15) is 17.5 Å². The van der Waals surface area contributed by atoms with Crippen LogP contribution >= 0.6 is 23.1 Å². The van der Waals surface area contributed by atoms with Crippen molar-refractivity contribution in [2.45, 2.75) is 11.3 Å². The number of thioether (sulfide) groups is 1. The number of hydrogen-bond donors (Lipinski definition) is 2. The van der Waals surface area contributed by atoms with E-state index in [1.165, 1.54) is 12.3 Å². The monoisotopic (exact) mass is 370 g/mol.